The number of benzene rings is 10. The van der Waals surface area contributed by atoms with E-state index in [2.05, 4.69) is 97.1 Å². The molecule has 0 unspecified atom stereocenters. The van der Waals surface area contributed by atoms with Crippen molar-refractivity contribution in [2.24, 2.45) is 0 Å². The van der Waals surface area contributed by atoms with Crippen molar-refractivity contribution in [3.05, 3.63) is 230 Å². The summed E-state index contributed by atoms with van der Waals surface area (Å²) in [6, 6.07) is 57.3. The molecule has 0 saturated carbocycles. The number of hydrogen-bond donors (Lipinski definition) is 0. The summed E-state index contributed by atoms with van der Waals surface area (Å²) in [5.74, 6) is 1.14. The maximum atomic E-state index is 9.35. The van der Waals surface area contributed by atoms with Crippen molar-refractivity contribution in [3.63, 3.8) is 0 Å². The van der Waals surface area contributed by atoms with Crippen LogP contribution < -0.4 is 0 Å². The molecule has 0 aliphatic carbocycles. The molecule has 0 radical (unpaired) electrons. The highest BCUT2D eigenvalue weighted by molar-refractivity contribution is 7.26. The quantitative estimate of drug-likeness (QED) is 0.160. The van der Waals surface area contributed by atoms with Gasteiger partial charge in [0.05, 0.1) is 27.7 Å². The lowest BCUT2D eigenvalue weighted by Gasteiger charge is -2.16. The van der Waals surface area contributed by atoms with Crippen molar-refractivity contribution in [3.8, 4) is 73.2 Å². The Morgan fingerprint density at radius 3 is 1.61 bits per heavy atom. The van der Waals surface area contributed by atoms with Gasteiger partial charge in [0, 0.05) is 53.2 Å². The van der Waals surface area contributed by atoms with Crippen LogP contribution in [0.1, 0.15) is 11.0 Å². The Morgan fingerprint density at radius 1 is 0.364 bits per heavy atom. The van der Waals surface area contributed by atoms with Crippen LogP contribution in [-0.4, -0.2) is 19.5 Å². The van der Waals surface area contributed by atoms with Gasteiger partial charge in [-0.05, 0) is 74.9 Å². The van der Waals surface area contributed by atoms with Gasteiger partial charge < -0.3 is 4.57 Å². The first-order chi connectivity index (χ1) is 36.0. The molecule has 3 aromatic heterocycles. The number of aromatic nitrogens is 4. The lowest BCUT2D eigenvalue weighted by molar-refractivity contribution is 1.07. The molecule has 66 heavy (non-hydrogen) atoms. The van der Waals surface area contributed by atoms with Crippen molar-refractivity contribution in [1.29, 1.82) is 0 Å². The lowest BCUT2D eigenvalue weighted by atomic mass is 9.97. The summed E-state index contributed by atoms with van der Waals surface area (Å²) < 4.78 is 76.0. The van der Waals surface area contributed by atoms with Crippen molar-refractivity contribution in [2.45, 2.75) is 0 Å². The number of para-hydroxylation sites is 2. The van der Waals surface area contributed by atoms with Crippen molar-refractivity contribution in [1.82, 2.24) is 19.5 Å². The molecule has 0 atom stereocenters. The third-order valence-electron chi connectivity index (χ3n) is 12.3. The second-order valence-corrected chi connectivity index (χ2v) is 17.2. The molecule has 0 aliphatic heterocycles. The smallest absolute Gasteiger partial charge is 0.164 e. The van der Waals surface area contributed by atoms with Crippen LogP contribution >= 0.6 is 11.3 Å². The van der Waals surface area contributed by atoms with Crippen LogP contribution in [0, 0.1) is 0 Å². The van der Waals surface area contributed by atoms with Gasteiger partial charge >= 0.3 is 0 Å². The van der Waals surface area contributed by atoms with Gasteiger partial charge in [-0.15, -0.1) is 11.3 Å². The van der Waals surface area contributed by atoms with E-state index >= 15 is 0 Å². The molecular weight excluding hydrogens is 821 g/mol. The first-order valence-corrected chi connectivity index (χ1v) is 22.4. The van der Waals surface area contributed by atoms with Gasteiger partial charge in [0.2, 0.25) is 0 Å². The molecule has 0 N–H and O–H groups in total. The van der Waals surface area contributed by atoms with Gasteiger partial charge in [0.15, 0.2) is 17.5 Å². The van der Waals surface area contributed by atoms with E-state index in [0.29, 0.717) is 34.3 Å². The van der Waals surface area contributed by atoms with Crippen LogP contribution in [-0.2, 0) is 0 Å². The predicted octanol–water partition coefficient (Wildman–Crippen LogP) is 16.5. The number of fused-ring (bicyclic) bond motifs is 7. The molecule has 0 spiro atoms. The molecular formula is C61H38N4S. The second-order valence-electron chi connectivity index (χ2n) is 16.2. The van der Waals surface area contributed by atoms with E-state index in [1.54, 1.807) is 15.9 Å². The Bertz CT molecular complexity index is 4410. The minimum absolute atomic E-state index is 0.00977. The van der Waals surface area contributed by atoms with E-state index in [1.165, 1.54) is 20.2 Å². The Morgan fingerprint density at radius 2 is 0.879 bits per heavy atom. The van der Waals surface area contributed by atoms with E-state index < -0.39 is 36.3 Å². The summed E-state index contributed by atoms with van der Waals surface area (Å²) in [7, 11) is 0. The normalized spacial score (nSPS) is 13.3. The summed E-state index contributed by atoms with van der Waals surface area (Å²) in [4.78, 5) is 15.7. The Balaban J connectivity index is 1.07. The highest BCUT2D eigenvalue weighted by atomic mass is 32.1. The molecule has 5 heteroatoms. The van der Waals surface area contributed by atoms with Gasteiger partial charge in [-0.1, -0.05) is 194 Å². The Kier molecular flexibility index (Phi) is 7.24. The van der Waals surface area contributed by atoms with E-state index in [1.807, 2.05) is 84.9 Å². The average molecular weight is 867 g/mol. The first kappa shape index (κ1) is 30.6. The van der Waals surface area contributed by atoms with E-state index in [4.69, 9.17) is 23.2 Å². The molecule has 0 aliphatic rings. The molecule has 0 saturated heterocycles. The fraction of sp³-hybridized carbons (Fsp3) is 0. The Labute approximate surface area is 396 Å². The summed E-state index contributed by atoms with van der Waals surface area (Å²) in [6.07, 6.45) is 0. The van der Waals surface area contributed by atoms with Gasteiger partial charge in [-0.3, -0.25) is 0 Å². The van der Waals surface area contributed by atoms with Crippen molar-refractivity contribution >= 4 is 64.1 Å². The third kappa shape index (κ3) is 6.40. The first-order valence-electron chi connectivity index (χ1n) is 25.6. The highest BCUT2D eigenvalue weighted by Crippen LogP contribution is 2.42. The Hall–Kier alpha value is -8.51. The van der Waals surface area contributed by atoms with Crippen LogP contribution in [0.5, 0.6) is 0 Å². The molecule has 13 aromatic rings. The van der Waals surface area contributed by atoms with Crippen LogP contribution in [0.25, 0.3) is 126 Å². The number of hydrogen-bond acceptors (Lipinski definition) is 4. The maximum absolute atomic E-state index is 9.35. The SMILES string of the molecule is [2H]c1c([2H])c([2H])c2c(c1[2H])c1c([2H])c([2H])c([2H])c([2H])c1n2-c1cc(-c2nc(-c3cccc(-c4cccc5ccccc45)c3)nc(-c3cccc(-c4cccc5c4sc4ccccc45)c3)n2)ccc1-c1ccccc1. The second kappa shape index (κ2) is 15.6. The molecule has 0 fully saturated rings. The molecule has 13 rings (SSSR count). The highest BCUT2D eigenvalue weighted by Gasteiger charge is 2.20. The van der Waals surface area contributed by atoms with Gasteiger partial charge in [0.1, 0.15) is 0 Å². The van der Waals surface area contributed by atoms with Crippen LogP contribution in [0.4, 0.5) is 0 Å². The molecule has 0 bridgehead atoms. The molecule has 10 aromatic carbocycles. The van der Waals surface area contributed by atoms with E-state index in [9.17, 15) is 2.74 Å². The molecule has 308 valence electrons. The van der Waals surface area contributed by atoms with Gasteiger partial charge in [0.25, 0.3) is 0 Å². The third-order valence-corrected chi connectivity index (χ3v) is 13.5. The minimum Gasteiger partial charge on any atom is -0.309 e. The monoisotopic (exact) mass is 866 g/mol. The van der Waals surface area contributed by atoms with Crippen molar-refractivity contribution in [2.75, 3.05) is 0 Å². The van der Waals surface area contributed by atoms with Crippen molar-refractivity contribution < 1.29 is 11.0 Å². The fourth-order valence-corrected chi connectivity index (χ4v) is 10.5. The fourth-order valence-electron chi connectivity index (χ4n) is 9.25. The van der Waals surface area contributed by atoms with Gasteiger partial charge in [-0.25, -0.2) is 15.0 Å². The number of thiophene rings is 1. The standard InChI is InChI=1S/C61H38N4S/c1-2-16-40(17-3-1)48-35-34-45(38-56(48)65-54-31-9-6-25-50(54)51-26-7-10-32-55(51)65)61-63-59(43-22-12-20-41(36-43)47-28-14-19-39-18-4-5-24-46(39)47)62-60(64-61)44-23-13-21-42(37-44)49-29-15-30-53-52-27-8-11-33-57(52)66-58(49)53/h1-38H/i6D,7D,9D,10D,25D,26D,31D,32D. The van der Waals surface area contributed by atoms with Crippen LogP contribution in [0.15, 0.2) is 230 Å². The van der Waals surface area contributed by atoms with Crippen LogP contribution in [0.2, 0.25) is 0 Å². The summed E-state index contributed by atoms with van der Waals surface area (Å²) in [6.45, 7) is 0. The molecule has 4 nitrogen and oxygen atoms in total. The minimum atomic E-state index is -0.509. The predicted molar refractivity (Wildman–Crippen MR) is 277 cm³/mol. The number of rotatable bonds is 7. The zero-order chi connectivity index (χ0) is 50.5. The topological polar surface area (TPSA) is 43.6 Å². The van der Waals surface area contributed by atoms with Crippen LogP contribution in [0.3, 0.4) is 0 Å². The van der Waals surface area contributed by atoms with E-state index in [0.717, 1.165) is 49.7 Å². The zero-order valence-electron chi connectivity index (χ0n) is 43.0. The molecule has 0 amide bonds. The number of nitrogens with zero attached hydrogens (tertiary/aromatic N) is 4. The maximum Gasteiger partial charge on any atom is 0.164 e. The lowest BCUT2D eigenvalue weighted by Crippen LogP contribution is -2.02. The largest absolute Gasteiger partial charge is 0.309 e. The van der Waals surface area contributed by atoms with E-state index in [-0.39, 0.29) is 33.9 Å². The summed E-state index contributed by atoms with van der Waals surface area (Å²) in [5.41, 5.74) is 7.98. The summed E-state index contributed by atoms with van der Waals surface area (Å²) >= 11 is 1.76. The summed E-state index contributed by atoms with van der Waals surface area (Å²) in [5, 5.41) is 4.61. The van der Waals surface area contributed by atoms with Gasteiger partial charge in [-0.2, -0.15) is 0 Å². The molecule has 3 heterocycles. The average Bonchev–Trinajstić information content (AvgIpc) is 4.02. The zero-order valence-corrected chi connectivity index (χ0v) is 35.8.